The summed E-state index contributed by atoms with van der Waals surface area (Å²) in [5.74, 6) is 1.70. The molecule has 5 unspecified atom stereocenters. The molecule has 2 nitrogen and oxygen atoms in total. The van der Waals surface area contributed by atoms with Gasteiger partial charge in [0.1, 0.15) is 0 Å². The summed E-state index contributed by atoms with van der Waals surface area (Å²) in [5, 5.41) is 4.08. The van der Waals surface area contributed by atoms with Gasteiger partial charge in [-0.3, -0.25) is 0 Å². The fourth-order valence-electron chi connectivity index (χ4n) is 4.90. The van der Waals surface area contributed by atoms with Crippen LogP contribution >= 0.6 is 0 Å². The van der Waals surface area contributed by atoms with Gasteiger partial charge in [-0.15, -0.1) is 0 Å². The summed E-state index contributed by atoms with van der Waals surface area (Å²) < 4.78 is 6.32. The van der Waals surface area contributed by atoms with Crippen molar-refractivity contribution in [2.45, 2.75) is 90.3 Å². The Bertz CT molecular complexity index is 348. The van der Waals surface area contributed by atoms with E-state index < -0.39 is 0 Å². The van der Waals surface area contributed by atoms with Crippen LogP contribution in [0.3, 0.4) is 0 Å². The van der Waals surface area contributed by atoms with Crippen molar-refractivity contribution >= 4 is 0 Å². The Balaban J connectivity index is 1.68. The summed E-state index contributed by atoms with van der Waals surface area (Å²) in [5.41, 5.74) is 0.746. The summed E-state index contributed by atoms with van der Waals surface area (Å²) in [6, 6.07) is 0.604. The van der Waals surface area contributed by atoms with Crippen LogP contribution in [0.15, 0.2) is 0 Å². The molecule has 116 valence electrons. The third-order valence-corrected chi connectivity index (χ3v) is 6.17. The lowest BCUT2D eigenvalue weighted by Gasteiger charge is -2.53. The van der Waals surface area contributed by atoms with E-state index in [1.54, 1.807) is 0 Å². The van der Waals surface area contributed by atoms with Crippen molar-refractivity contribution in [3.05, 3.63) is 0 Å². The van der Waals surface area contributed by atoms with Crippen molar-refractivity contribution in [2.75, 3.05) is 6.61 Å². The van der Waals surface area contributed by atoms with Crippen molar-refractivity contribution in [1.29, 1.82) is 0 Å². The van der Waals surface area contributed by atoms with Crippen molar-refractivity contribution in [3.8, 4) is 0 Å². The molecule has 3 rings (SSSR count). The fraction of sp³-hybridized carbons (Fsp3) is 1.00. The molecule has 0 aromatic carbocycles. The Kier molecular flexibility index (Phi) is 3.92. The molecular formula is C18H33NO. The first-order valence-electron chi connectivity index (χ1n) is 8.77. The molecule has 0 aromatic heterocycles. The lowest BCUT2D eigenvalue weighted by Crippen LogP contribution is -2.65. The second kappa shape index (κ2) is 5.28. The van der Waals surface area contributed by atoms with Crippen molar-refractivity contribution in [3.63, 3.8) is 0 Å². The van der Waals surface area contributed by atoms with Crippen LogP contribution in [0, 0.1) is 17.3 Å². The highest BCUT2D eigenvalue weighted by atomic mass is 16.5. The van der Waals surface area contributed by atoms with Crippen LogP contribution < -0.4 is 5.32 Å². The SMILES string of the molecule is CC1CCCC2(COC3CCC(C(C)(C)C)CC3N2)C1. The summed E-state index contributed by atoms with van der Waals surface area (Å²) >= 11 is 0. The van der Waals surface area contributed by atoms with Gasteiger partial charge in [0, 0.05) is 11.6 Å². The van der Waals surface area contributed by atoms with Crippen LogP contribution in [0.5, 0.6) is 0 Å². The fourth-order valence-corrected chi connectivity index (χ4v) is 4.90. The van der Waals surface area contributed by atoms with E-state index in [-0.39, 0.29) is 0 Å². The van der Waals surface area contributed by atoms with Crippen LogP contribution in [-0.2, 0) is 4.74 Å². The Morgan fingerprint density at radius 3 is 2.65 bits per heavy atom. The van der Waals surface area contributed by atoms with Crippen LogP contribution in [0.25, 0.3) is 0 Å². The van der Waals surface area contributed by atoms with Crippen molar-refractivity contribution in [2.24, 2.45) is 17.3 Å². The van der Waals surface area contributed by atoms with E-state index in [0.717, 1.165) is 18.4 Å². The number of morpholine rings is 1. The van der Waals surface area contributed by atoms with Crippen molar-refractivity contribution < 1.29 is 4.74 Å². The normalized spacial score (nSPS) is 46.2. The molecule has 2 heteroatoms. The molecule has 0 aromatic rings. The topological polar surface area (TPSA) is 21.3 Å². The van der Waals surface area contributed by atoms with Gasteiger partial charge in [-0.25, -0.2) is 0 Å². The van der Waals surface area contributed by atoms with Gasteiger partial charge in [0.05, 0.1) is 12.7 Å². The highest BCUT2D eigenvalue weighted by molar-refractivity contribution is 5.02. The van der Waals surface area contributed by atoms with Crippen LogP contribution in [0.1, 0.15) is 72.6 Å². The molecule has 3 fully saturated rings. The summed E-state index contributed by atoms with van der Waals surface area (Å²) in [6.45, 7) is 10.6. The smallest absolute Gasteiger partial charge is 0.0729 e. The van der Waals surface area contributed by atoms with Gasteiger partial charge in [-0.2, -0.15) is 0 Å². The summed E-state index contributed by atoms with van der Waals surface area (Å²) in [7, 11) is 0. The van der Waals surface area contributed by atoms with E-state index in [4.69, 9.17) is 4.74 Å². The molecule has 2 aliphatic carbocycles. The van der Waals surface area contributed by atoms with Gasteiger partial charge < -0.3 is 10.1 Å². The largest absolute Gasteiger partial charge is 0.375 e. The maximum atomic E-state index is 6.32. The number of fused-ring (bicyclic) bond motifs is 1. The van der Waals surface area contributed by atoms with Crippen molar-refractivity contribution in [1.82, 2.24) is 5.32 Å². The van der Waals surface area contributed by atoms with E-state index in [1.807, 2.05) is 0 Å². The molecule has 1 N–H and O–H groups in total. The highest BCUT2D eigenvalue weighted by Crippen LogP contribution is 2.43. The predicted octanol–water partition coefficient (Wildman–Crippen LogP) is 4.14. The van der Waals surface area contributed by atoms with E-state index in [1.165, 1.54) is 44.9 Å². The first-order valence-corrected chi connectivity index (χ1v) is 8.77. The molecule has 0 amide bonds. The molecule has 1 spiro atoms. The minimum Gasteiger partial charge on any atom is -0.375 e. The quantitative estimate of drug-likeness (QED) is 0.719. The third kappa shape index (κ3) is 2.92. The van der Waals surface area contributed by atoms with E-state index in [9.17, 15) is 0 Å². The number of rotatable bonds is 0. The zero-order chi connectivity index (χ0) is 14.4. The average molecular weight is 279 g/mol. The van der Waals surface area contributed by atoms with Crippen LogP contribution in [-0.4, -0.2) is 24.3 Å². The Morgan fingerprint density at radius 1 is 1.15 bits per heavy atom. The standard InChI is InChI=1S/C18H33NO/c1-13-6-5-9-18(11-13)12-20-16-8-7-14(17(2,3)4)10-15(16)19-18/h13-16,19H,5-12H2,1-4H3. The first-order chi connectivity index (χ1) is 9.38. The number of ether oxygens (including phenoxy) is 1. The minimum absolute atomic E-state index is 0.304. The van der Waals surface area contributed by atoms with Gasteiger partial charge in [-0.05, 0) is 49.4 Å². The molecule has 5 atom stereocenters. The predicted molar refractivity (Wildman–Crippen MR) is 83.8 cm³/mol. The second-order valence-corrected chi connectivity index (χ2v) is 8.96. The van der Waals surface area contributed by atoms with E-state index in [2.05, 4.69) is 33.0 Å². The van der Waals surface area contributed by atoms with Gasteiger partial charge >= 0.3 is 0 Å². The maximum absolute atomic E-state index is 6.32. The molecule has 1 heterocycles. The first kappa shape index (κ1) is 14.8. The Labute approximate surface area is 125 Å². The molecular weight excluding hydrogens is 246 g/mol. The van der Waals surface area contributed by atoms with E-state index in [0.29, 0.717) is 23.1 Å². The zero-order valence-corrected chi connectivity index (χ0v) is 13.9. The zero-order valence-electron chi connectivity index (χ0n) is 13.9. The lowest BCUT2D eigenvalue weighted by atomic mass is 9.68. The molecule has 1 saturated heterocycles. The van der Waals surface area contributed by atoms with Crippen LogP contribution in [0.4, 0.5) is 0 Å². The molecule has 1 aliphatic heterocycles. The second-order valence-electron chi connectivity index (χ2n) is 8.96. The molecule has 0 bridgehead atoms. The monoisotopic (exact) mass is 279 g/mol. The summed E-state index contributed by atoms with van der Waals surface area (Å²) in [4.78, 5) is 0. The van der Waals surface area contributed by atoms with Gasteiger partial charge in [0.25, 0.3) is 0 Å². The molecule has 0 radical (unpaired) electrons. The molecule has 3 aliphatic rings. The Morgan fingerprint density at radius 2 is 1.95 bits per heavy atom. The number of hydrogen-bond acceptors (Lipinski definition) is 2. The van der Waals surface area contributed by atoms with Gasteiger partial charge in [-0.1, -0.05) is 40.5 Å². The highest BCUT2D eigenvalue weighted by Gasteiger charge is 2.46. The van der Waals surface area contributed by atoms with Gasteiger partial charge in [0.2, 0.25) is 0 Å². The van der Waals surface area contributed by atoms with E-state index >= 15 is 0 Å². The average Bonchev–Trinajstić information content (AvgIpc) is 2.36. The number of hydrogen-bond donors (Lipinski definition) is 1. The Hall–Kier alpha value is -0.0800. The molecule has 2 saturated carbocycles. The molecule has 20 heavy (non-hydrogen) atoms. The lowest BCUT2D eigenvalue weighted by molar-refractivity contribution is -0.105. The third-order valence-electron chi connectivity index (χ3n) is 6.17. The van der Waals surface area contributed by atoms with Gasteiger partial charge in [0.15, 0.2) is 0 Å². The van der Waals surface area contributed by atoms with Crippen LogP contribution in [0.2, 0.25) is 0 Å². The number of nitrogens with one attached hydrogen (secondary N) is 1. The summed E-state index contributed by atoms with van der Waals surface area (Å²) in [6.07, 6.45) is 9.80. The maximum Gasteiger partial charge on any atom is 0.0729 e. The minimum atomic E-state index is 0.304.